The Morgan fingerprint density at radius 1 is 1.50 bits per heavy atom. The van der Waals surface area contributed by atoms with Crippen LogP contribution in [0.5, 0.6) is 0 Å². The highest BCUT2D eigenvalue weighted by atomic mass is 32.2. The normalized spacial score (nSPS) is 24.0. The molecule has 2 aliphatic heterocycles. The minimum absolute atomic E-state index is 0.0624. The summed E-state index contributed by atoms with van der Waals surface area (Å²) in [6.45, 7) is 6.28. The molecule has 0 saturated carbocycles. The molecule has 1 aromatic rings. The van der Waals surface area contributed by atoms with Crippen molar-refractivity contribution in [1.29, 1.82) is 0 Å². The molecule has 3 N–H and O–H groups in total. The van der Waals surface area contributed by atoms with Crippen LogP contribution in [0.3, 0.4) is 0 Å². The summed E-state index contributed by atoms with van der Waals surface area (Å²) in [5.74, 6) is -0.380. The molecule has 3 heterocycles. The summed E-state index contributed by atoms with van der Waals surface area (Å²) < 4.78 is 4.02. The number of aromatic nitrogens is 2. The van der Waals surface area contributed by atoms with Crippen molar-refractivity contribution in [3.8, 4) is 0 Å². The van der Waals surface area contributed by atoms with Crippen molar-refractivity contribution in [1.82, 2.24) is 14.5 Å². The molecule has 1 saturated heterocycles. The lowest BCUT2D eigenvalue weighted by Gasteiger charge is -2.48. The van der Waals surface area contributed by atoms with Crippen molar-refractivity contribution >= 4 is 46.9 Å². The minimum Gasteiger partial charge on any atom is -0.477 e. The fourth-order valence-corrected chi connectivity index (χ4v) is 6.03. The largest absolute Gasteiger partial charge is 0.477 e. The number of hydrogen-bond acceptors (Lipinski definition) is 8. The van der Waals surface area contributed by atoms with E-state index < -0.39 is 12.0 Å². The maximum atomic E-state index is 11.9. The van der Waals surface area contributed by atoms with E-state index >= 15 is 0 Å². The third-order valence-electron chi connectivity index (χ3n) is 3.81. The van der Waals surface area contributed by atoms with Gasteiger partial charge in [0.05, 0.1) is 4.88 Å². The van der Waals surface area contributed by atoms with Gasteiger partial charge in [-0.15, -0.1) is 16.9 Å². The number of carboxylic acids is 1. The molecule has 1 unspecified atom stereocenters. The van der Waals surface area contributed by atoms with Crippen molar-refractivity contribution in [2.45, 2.75) is 42.6 Å². The van der Waals surface area contributed by atoms with Crippen molar-refractivity contribution in [3.63, 3.8) is 0 Å². The molecule has 0 aliphatic carbocycles. The number of hydrogen-bond donors (Lipinski definition) is 2. The molecule has 2 atom stereocenters. The quantitative estimate of drug-likeness (QED) is 0.592. The second kappa shape index (κ2) is 6.32. The molecule has 2 aliphatic rings. The molecule has 1 fully saturated rings. The topological polar surface area (TPSA) is 109 Å². The first-order chi connectivity index (χ1) is 11.2. The van der Waals surface area contributed by atoms with Gasteiger partial charge >= 0.3 is 5.97 Å². The van der Waals surface area contributed by atoms with E-state index in [9.17, 15) is 14.7 Å². The molecule has 0 spiro atoms. The molecular formula is C14H18N4O3S3. The number of rotatable bonds is 4. The fraction of sp³-hybridized carbons (Fsp3) is 0.571. The van der Waals surface area contributed by atoms with Gasteiger partial charge in [0.2, 0.25) is 5.91 Å². The summed E-state index contributed by atoms with van der Waals surface area (Å²) >= 11 is 4.35. The van der Waals surface area contributed by atoms with Crippen LogP contribution in [-0.2, 0) is 15.0 Å². The summed E-state index contributed by atoms with van der Waals surface area (Å²) in [4.78, 5) is 26.0. The standard InChI is InChI=1S/C14H18N4O3S3/c1-14(2,3)9-10(16-17-24-9)22-4-6-5-23-12-7(15)11(19)18(12)8(6)13(20)21/h7,12H,4-5,15H2,1-3H3,(H,20,21)/t7-,12?/m1/s1. The van der Waals surface area contributed by atoms with Gasteiger partial charge in [-0.05, 0) is 17.1 Å². The van der Waals surface area contributed by atoms with Crippen LogP contribution in [-0.4, -0.2) is 54.4 Å². The smallest absolute Gasteiger partial charge is 0.352 e. The second-order valence-corrected chi connectivity index (χ2v) is 9.46. The lowest BCUT2D eigenvalue weighted by molar-refractivity contribution is -0.147. The van der Waals surface area contributed by atoms with Crippen LogP contribution in [0.2, 0.25) is 0 Å². The summed E-state index contributed by atoms with van der Waals surface area (Å²) in [6, 6.07) is -0.603. The van der Waals surface area contributed by atoms with Gasteiger partial charge in [-0.3, -0.25) is 9.69 Å². The number of β-lactam (4-membered cyclic amide) rings is 1. The van der Waals surface area contributed by atoms with Crippen molar-refractivity contribution < 1.29 is 14.7 Å². The van der Waals surface area contributed by atoms with Gasteiger partial charge in [0.25, 0.3) is 0 Å². The number of carbonyl (C=O) groups is 2. The van der Waals surface area contributed by atoms with Crippen LogP contribution in [0.1, 0.15) is 25.6 Å². The van der Waals surface area contributed by atoms with E-state index in [0.717, 1.165) is 15.5 Å². The Hall–Kier alpha value is -1.10. The molecular weight excluding hydrogens is 368 g/mol. The summed E-state index contributed by atoms with van der Waals surface area (Å²) in [6.07, 6.45) is 0. The lowest BCUT2D eigenvalue weighted by atomic mass is 9.95. The third-order valence-corrected chi connectivity index (χ3v) is 7.51. The summed E-state index contributed by atoms with van der Waals surface area (Å²) in [5, 5.41) is 14.3. The van der Waals surface area contributed by atoms with Gasteiger partial charge in [0.1, 0.15) is 22.1 Å². The average molecular weight is 387 g/mol. The fourth-order valence-electron chi connectivity index (χ4n) is 2.58. The highest BCUT2D eigenvalue weighted by Crippen LogP contribution is 2.41. The van der Waals surface area contributed by atoms with Crippen molar-refractivity contribution in [3.05, 3.63) is 16.1 Å². The van der Waals surface area contributed by atoms with Gasteiger partial charge < -0.3 is 10.8 Å². The molecule has 1 amide bonds. The molecule has 0 radical (unpaired) electrons. The molecule has 130 valence electrons. The number of thioether (sulfide) groups is 2. The van der Waals surface area contributed by atoms with Crippen LogP contribution >= 0.6 is 35.1 Å². The minimum atomic E-state index is -1.08. The number of carbonyl (C=O) groups excluding carboxylic acids is 1. The van der Waals surface area contributed by atoms with Crippen LogP contribution in [0, 0.1) is 0 Å². The molecule has 0 aromatic carbocycles. The van der Waals surface area contributed by atoms with E-state index in [1.807, 2.05) is 0 Å². The van der Waals surface area contributed by atoms with E-state index in [1.165, 1.54) is 40.0 Å². The van der Waals surface area contributed by atoms with Crippen LogP contribution in [0.15, 0.2) is 16.3 Å². The Morgan fingerprint density at radius 2 is 2.21 bits per heavy atom. The SMILES string of the molecule is CC(C)(C)c1snnc1SCC1=C(C(=O)O)N2C(=O)[C@@H](N)C2SC1. The number of amides is 1. The number of nitrogens with two attached hydrogens (primary N) is 1. The van der Waals surface area contributed by atoms with Gasteiger partial charge in [-0.2, -0.15) is 0 Å². The predicted molar refractivity (Wildman–Crippen MR) is 95.1 cm³/mol. The first kappa shape index (κ1) is 17.7. The third kappa shape index (κ3) is 2.96. The predicted octanol–water partition coefficient (Wildman–Crippen LogP) is 1.51. The maximum absolute atomic E-state index is 11.9. The first-order valence-electron chi connectivity index (χ1n) is 7.33. The number of nitrogens with zero attached hydrogens (tertiary/aromatic N) is 3. The highest BCUT2D eigenvalue weighted by Gasteiger charge is 2.51. The molecule has 0 bridgehead atoms. The maximum Gasteiger partial charge on any atom is 0.352 e. The molecule has 7 nitrogen and oxygen atoms in total. The van der Waals surface area contributed by atoms with Crippen molar-refractivity contribution in [2.75, 3.05) is 11.5 Å². The summed E-state index contributed by atoms with van der Waals surface area (Å²) in [5.41, 5.74) is 6.50. The lowest BCUT2D eigenvalue weighted by Crippen LogP contribution is -2.68. The zero-order valence-corrected chi connectivity index (χ0v) is 15.9. The second-order valence-electron chi connectivity index (χ2n) is 6.64. The Bertz CT molecular complexity index is 725. The zero-order valence-electron chi connectivity index (χ0n) is 13.5. The van der Waals surface area contributed by atoms with E-state index in [-0.39, 0.29) is 22.4 Å². The van der Waals surface area contributed by atoms with Crippen molar-refractivity contribution in [2.24, 2.45) is 5.73 Å². The van der Waals surface area contributed by atoms with Gasteiger partial charge in [-0.1, -0.05) is 37.0 Å². The molecule has 10 heteroatoms. The summed E-state index contributed by atoms with van der Waals surface area (Å²) in [7, 11) is 0. The Kier molecular flexibility index (Phi) is 4.67. The van der Waals surface area contributed by atoms with Gasteiger partial charge in [0.15, 0.2) is 0 Å². The van der Waals surface area contributed by atoms with Gasteiger partial charge in [-0.25, -0.2) is 4.79 Å². The molecule has 24 heavy (non-hydrogen) atoms. The monoisotopic (exact) mass is 386 g/mol. The Morgan fingerprint density at radius 3 is 2.83 bits per heavy atom. The van der Waals surface area contributed by atoms with E-state index in [1.54, 1.807) is 0 Å². The average Bonchev–Trinajstić information content (AvgIpc) is 2.99. The van der Waals surface area contributed by atoms with Crippen LogP contribution in [0.4, 0.5) is 0 Å². The van der Waals surface area contributed by atoms with E-state index in [2.05, 4.69) is 30.4 Å². The van der Waals surface area contributed by atoms with E-state index in [0.29, 0.717) is 11.5 Å². The Balaban J connectivity index is 1.83. The Labute approximate surface area is 152 Å². The van der Waals surface area contributed by atoms with Crippen LogP contribution < -0.4 is 5.73 Å². The number of fused-ring (bicyclic) bond motifs is 1. The zero-order chi connectivity index (χ0) is 17.6. The number of carboxylic acid groups (broad SMARTS) is 1. The van der Waals surface area contributed by atoms with Crippen LogP contribution in [0.25, 0.3) is 0 Å². The first-order valence-corrected chi connectivity index (χ1v) is 10.1. The van der Waals surface area contributed by atoms with E-state index in [4.69, 9.17) is 5.73 Å². The molecule has 1 aromatic heterocycles. The highest BCUT2D eigenvalue weighted by molar-refractivity contribution is 8.01. The molecule has 3 rings (SSSR count). The van der Waals surface area contributed by atoms with Gasteiger partial charge in [0, 0.05) is 16.9 Å². The number of aliphatic carboxylic acids is 1.